The lowest BCUT2D eigenvalue weighted by atomic mass is 9.86. The molecule has 2 aliphatic heterocycles. The number of amides is 1. The molecule has 0 aliphatic carbocycles. The monoisotopic (exact) mass is 568 g/mol. The number of aryl methyl sites for hydroxylation is 2. The number of hydrogen-bond donors (Lipinski definition) is 1. The molecule has 0 fully saturated rings. The van der Waals surface area contributed by atoms with E-state index in [1.807, 2.05) is 61.2 Å². The van der Waals surface area contributed by atoms with Crippen molar-refractivity contribution in [3.63, 3.8) is 0 Å². The van der Waals surface area contributed by atoms with Crippen LogP contribution in [0.5, 0.6) is 5.88 Å². The third-order valence-electron chi connectivity index (χ3n) is 7.73. The fraction of sp³-hybridized carbons (Fsp3) is 0.281. The minimum absolute atomic E-state index is 0.0412. The Morgan fingerprint density at radius 3 is 2.46 bits per heavy atom. The number of sulfonamides is 1. The maximum Gasteiger partial charge on any atom is 0.264 e. The molecule has 4 aromatic rings. The SMILES string of the molecule is Cc1cccc(C)c1-c1cc2nc(n1)NS(=O)(=O)c1cccc(c1)C(=O)N1Cc3ccccc3C(O2)[C@@H]1CC(C)C. The number of aromatic nitrogens is 2. The van der Waals surface area contributed by atoms with Crippen molar-refractivity contribution in [2.24, 2.45) is 5.92 Å². The van der Waals surface area contributed by atoms with E-state index in [0.717, 1.165) is 27.8 Å². The maximum absolute atomic E-state index is 14.1. The molecule has 1 N–H and O–H groups in total. The minimum atomic E-state index is -4.11. The number of anilines is 1. The van der Waals surface area contributed by atoms with Crippen molar-refractivity contribution < 1.29 is 17.9 Å². The second kappa shape index (κ2) is 10.3. The molecular weight excluding hydrogens is 536 g/mol. The van der Waals surface area contributed by atoms with E-state index in [2.05, 4.69) is 28.5 Å². The summed E-state index contributed by atoms with van der Waals surface area (Å²) in [7, 11) is -4.11. The van der Waals surface area contributed by atoms with Gasteiger partial charge in [-0.05, 0) is 66.6 Å². The first-order valence-electron chi connectivity index (χ1n) is 13.7. The Bertz CT molecular complexity index is 1750. The first-order valence-corrected chi connectivity index (χ1v) is 15.2. The Balaban J connectivity index is 1.62. The molecule has 3 heterocycles. The van der Waals surface area contributed by atoms with Gasteiger partial charge in [-0.2, -0.15) is 4.98 Å². The molecule has 0 saturated carbocycles. The Kier molecular flexibility index (Phi) is 6.77. The molecule has 1 unspecified atom stereocenters. The van der Waals surface area contributed by atoms with Crippen LogP contribution in [0.15, 0.2) is 77.7 Å². The van der Waals surface area contributed by atoms with Crippen molar-refractivity contribution >= 4 is 21.9 Å². The smallest absolute Gasteiger partial charge is 0.264 e. The van der Waals surface area contributed by atoms with E-state index in [0.29, 0.717) is 24.2 Å². The number of ether oxygens (including phenoxy) is 1. The highest BCUT2D eigenvalue weighted by atomic mass is 32.2. The van der Waals surface area contributed by atoms with E-state index in [-0.39, 0.29) is 34.6 Å². The van der Waals surface area contributed by atoms with Crippen LogP contribution in [0.2, 0.25) is 0 Å². The molecule has 9 heteroatoms. The van der Waals surface area contributed by atoms with Crippen molar-refractivity contribution in [3.05, 3.63) is 101 Å². The number of benzene rings is 3. The summed E-state index contributed by atoms with van der Waals surface area (Å²) in [5.74, 6) is 0.146. The molecule has 41 heavy (non-hydrogen) atoms. The van der Waals surface area contributed by atoms with Crippen LogP contribution in [0.25, 0.3) is 11.3 Å². The van der Waals surface area contributed by atoms with Gasteiger partial charge >= 0.3 is 0 Å². The zero-order chi connectivity index (χ0) is 28.9. The molecule has 0 radical (unpaired) electrons. The zero-order valence-corrected chi connectivity index (χ0v) is 24.3. The lowest BCUT2D eigenvalue weighted by Crippen LogP contribution is -2.49. The summed E-state index contributed by atoms with van der Waals surface area (Å²) in [6.07, 6.45) is 0.156. The number of rotatable bonds is 3. The van der Waals surface area contributed by atoms with Crippen LogP contribution in [0.1, 0.15) is 59.0 Å². The van der Waals surface area contributed by atoms with Gasteiger partial charge in [-0.3, -0.25) is 4.79 Å². The number of carbonyl (C=O) groups is 1. The van der Waals surface area contributed by atoms with Gasteiger partial charge in [-0.25, -0.2) is 18.1 Å². The van der Waals surface area contributed by atoms with Crippen LogP contribution in [0, 0.1) is 19.8 Å². The Hall–Kier alpha value is -4.24. The minimum Gasteiger partial charge on any atom is -0.467 e. The molecule has 0 saturated heterocycles. The van der Waals surface area contributed by atoms with Crippen molar-refractivity contribution in [3.8, 4) is 17.1 Å². The van der Waals surface area contributed by atoms with Gasteiger partial charge in [0.15, 0.2) is 0 Å². The summed E-state index contributed by atoms with van der Waals surface area (Å²) in [6, 6.07) is 21.5. The summed E-state index contributed by atoms with van der Waals surface area (Å²) in [5.41, 5.74) is 5.67. The second-order valence-electron chi connectivity index (χ2n) is 11.2. The highest BCUT2D eigenvalue weighted by Gasteiger charge is 2.40. The van der Waals surface area contributed by atoms with Crippen molar-refractivity contribution in [2.45, 2.75) is 57.7 Å². The third-order valence-corrected chi connectivity index (χ3v) is 9.06. The van der Waals surface area contributed by atoms with Gasteiger partial charge in [-0.1, -0.05) is 62.4 Å². The standard InChI is InChI=1S/C32H32N4O4S/c1-19(2)15-27-30-25-14-6-5-11-23(25)18-36(27)31(37)22-12-8-13-24(16-22)41(38,39)35-32-33-26(17-28(34-32)40-30)29-20(3)9-7-10-21(29)4/h5-14,16-17,19,27,30H,15,18H2,1-4H3,(H,33,34,35)/t27-,30?/m0/s1. The molecule has 3 aromatic carbocycles. The quantitative estimate of drug-likeness (QED) is 0.322. The van der Waals surface area contributed by atoms with Crippen molar-refractivity contribution in [1.29, 1.82) is 0 Å². The lowest BCUT2D eigenvalue weighted by Gasteiger charge is -2.43. The normalized spacial score (nSPS) is 19.2. The number of nitrogens with zero attached hydrogens (tertiary/aromatic N) is 3. The molecule has 6 rings (SSSR count). The predicted molar refractivity (Wildman–Crippen MR) is 157 cm³/mol. The number of hydrogen-bond acceptors (Lipinski definition) is 6. The van der Waals surface area contributed by atoms with Crippen molar-refractivity contribution in [2.75, 3.05) is 4.72 Å². The van der Waals surface area contributed by atoms with Crippen molar-refractivity contribution in [1.82, 2.24) is 14.9 Å². The maximum atomic E-state index is 14.1. The Morgan fingerprint density at radius 1 is 0.976 bits per heavy atom. The highest BCUT2D eigenvalue weighted by molar-refractivity contribution is 7.92. The Morgan fingerprint density at radius 2 is 1.71 bits per heavy atom. The molecule has 2 aliphatic rings. The van der Waals surface area contributed by atoms with E-state index in [1.54, 1.807) is 18.2 Å². The first kappa shape index (κ1) is 27.0. The molecule has 1 amide bonds. The fourth-order valence-electron chi connectivity index (χ4n) is 5.87. The molecule has 2 atom stereocenters. The van der Waals surface area contributed by atoms with Crippen LogP contribution in [0.3, 0.4) is 0 Å². The molecule has 210 valence electrons. The third kappa shape index (κ3) is 5.06. The molecule has 6 bridgehead atoms. The van der Waals surface area contributed by atoms with Crippen LogP contribution in [0.4, 0.5) is 5.95 Å². The number of carbonyl (C=O) groups excluding carboxylic acids is 1. The van der Waals surface area contributed by atoms with E-state index >= 15 is 0 Å². The average Bonchev–Trinajstić information content (AvgIpc) is 2.93. The van der Waals surface area contributed by atoms with Gasteiger partial charge in [0.1, 0.15) is 6.10 Å². The molecule has 8 nitrogen and oxygen atoms in total. The summed E-state index contributed by atoms with van der Waals surface area (Å²) < 4.78 is 36.3. The van der Waals surface area contributed by atoms with E-state index < -0.39 is 16.1 Å². The first-order chi connectivity index (χ1) is 19.6. The highest BCUT2D eigenvalue weighted by Crippen LogP contribution is 2.40. The zero-order valence-electron chi connectivity index (χ0n) is 23.5. The lowest BCUT2D eigenvalue weighted by molar-refractivity contribution is 0.0241. The largest absolute Gasteiger partial charge is 0.467 e. The summed E-state index contributed by atoms with van der Waals surface area (Å²) in [6.45, 7) is 8.61. The molecular formula is C32H32N4O4S. The van der Waals surface area contributed by atoms with Gasteiger partial charge in [0, 0.05) is 23.7 Å². The van der Waals surface area contributed by atoms with Gasteiger partial charge < -0.3 is 9.64 Å². The van der Waals surface area contributed by atoms with E-state index in [4.69, 9.17) is 4.74 Å². The molecule has 1 aromatic heterocycles. The van der Waals surface area contributed by atoms with Gasteiger partial charge in [0.2, 0.25) is 11.8 Å². The average molecular weight is 569 g/mol. The molecule has 0 spiro atoms. The van der Waals surface area contributed by atoms with Gasteiger partial charge in [0.25, 0.3) is 15.9 Å². The second-order valence-corrected chi connectivity index (χ2v) is 12.9. The summed E-state index contributed by atoms with van der Waals surface area (Å²) >= 11 is 0. The summed E-state index contributed by atoms with van der Waals surface area (Å²) in [5, 5.41) is 0. The van der Waals surface area contributed by atoms with E-state index in [1.165, 1.54) is 12.1 Å². The predicted octanol–water partition coefficient (Wildman–Crippen LogP) is 6.07. The fourth-order valence-corrected chi connectivity index (χ4v) is 6.86. The van der Waals surface area contributed by atoms with Gasteiger partial charge in [0.05, 0.1) is 16.6 Å². The number of fused-ring (bicyclic) bond motifs is 8. The Labute approximate surface area is 240 Å². The van der Waals surface area contributed by atoms with Crippen LogP contribution < -0.4 is 9.46 Å². The summed E-state index contributed by atoms with van der Waals surface area (Å²) in [4.78, 5) is 25.0. The van der Waals surface area contributed by atoms with Crippen LogP contribution >= 0.6 is 0 Å². The van der Waals surface area contributed by atoms with Gasteiger partial charge in [-0.15, -0.1) is 0 Å². The van der Waals surface area contributed by atoms with E-state index in [9.17, 15) is 13.2 Å². The number of nitrogens with one attached hydrogen (secondary N) is 1. The van der Waals surface area contributed by atoms with Crippen LogP contribution in [-0.4, -0.2) is 35.2 Å². The van der Waals surface area contributed by atoms with Crippen LogP contribution in [-0.2, 0) is 16.6 Å². The topological polar surface area (TPSA) is 101 Å².